The second kappa shape index (κ2) is 5.90. The Morgan fingerprint density at radius 2 is 1.89 bits per heavy atom. The molecule has 2 atom stereocenters. The van der Waals surface area contributed by atoms with Crippen molar-refractivity contribution in [2.45, 2.75) is 57.4 Å². The summed E-state index contributed by atoms with van der Waals surface area (Å²) in [6.07, 6.45) is 6.90. The van der Waals surface area contributed by atoms with Crippen molar-refractivity contribution in [2.24, 2.45) is 17.1 Å². The Morgan fingerprint density at radius 1 is 1.21 bits per heavy atom. The molecule has 0 aromatic rings. The Bertz CT molecular complexity index is 351. The maximum atomic E-state index is 12.4. The van der Waals surface area contributed by atoms with Gasteiger partial charge in [-0.3, -0.25) is 9.59 Å². The third-order valence-corrected chi connectivity index (χ3v) is 4.79. The number of carbonyl (C=O) groups is 2. The van der Waals surface area contributed by atoms with Crippen LogP contribution in [0.3, 0.4) is 0 Å². The molecule has 0 aromatic heterocycles. The zero-order chi connectivity index (χ0) is 13.9. The average Bonchev–Trinajstić information content (AvgIpc) is 2.89. The molecule has 19 heavy (non-hydrogen) atoms. The summed E-state index contributed by atoms with van der Waals surface area (Å²) in [4.78, 5) is 23.4. The molecule has 2 aliphatic carbocycles. The van der Waals surface area contributed by atoms with E-state index in [4.69, 9.17) is 10.8 Å². The summed E-state index contributed by atoms with van der Waals surface area (Å²) < 4.78 is 0. The molecule has 108 valence electrons. The summed E-state index contributed by atoms with van der Waals surface area (Å²) in [6.45, 7) is 0.397. The normalized spacial score (nSPS) is 29.9. The van der Waals surface area contributed by atoms with Crippen molar-refractivity contribution in [1.29, 1.82) is 0 Å². The van der Waals surface area contributed by atoms with Crippen molar-refractivity contribution in [2.75, 3.05) is 6.54 Å². The maximum Gasteiger partial charge on any atom is 0.306 e. The van der Waals surface area contributed by atoms with Crippen molar-refractivity contribution in [1.82, 2.24) is 5.32 Å². The van der Waals surface area contributed by atoms with E-state index in [1.54, 1.807) is 0 Å². The number of hydrogen-bond donors (Lipinski definition) is 3. The molecule has 0 aliphatic heterocycles. The fourth-order valence-corrected chi connectivity index (χ4v) is 3.46. The maximum absolute atomic E-state index is 12.4. The van der Waals surface area contributed by atoms with Gasteiger partial charge in [-0.25, -0.2) is 0 Å². The first-order valence-electron chi connectivity index (χ1n) is 7.31. The first-order valence-corrected chi connectivity index (χ1v) is 7.31. The van der Waals surface area contributed by atoms with Crippen LogP contribution in [0.4, 0.5) is 0 Å². The van der Waals surface area contributed by atoms with E-state index in [9.17, 15) is 9.59 Å². The largest absolute Gasteiger partial charge is 0.481 e. The van der Waals surface area contributed by atoms with Gasteiger partial charge in [0.05, 0.1) is 11.3 Å². The molecule has 2 unspecified atom stereocenters. The number of rotatable bonds is 4. The molecule has 5 nitrogen and oxygen atoms in total. The number of nitrogens with two attached hydrogens (primary N) is 1. The van der Waals surface area contributed by atoms with Crippen molar-refractivity contribution in [3.05, 3.63) is 0 Å². The Morgan fingerprint density at radius 3 is 2.47 bits per heavy atom. The molecule has 1 amide bonds. The lowest BCUT2D eigenvalue weighted by atomic mass is 9.82. The standard InChI is InChI=1S/C14H24N2O3/c15-9-14(6-1-2-7-14)13(19)16-11-5-3-4-10(8-11)12(17)18/h10-11H,1-9,15H2,(H,16,19)(H,17,18). The molecule has 5 heteroatoms. The lowest BCUT2D eigenvalue weighted by Gasteiger charge is -2.32. The molecule has 2 fully saturated rings. The lowest BCUT2D eigenvalue weighted by Crippen LogP contribution is -2.49. The topological polar surface area (TPSA) is 92.4 Å². The van der Waals surface area contributed by atoms with Crippen LogP contribution in [0.5, 0.6) is 0 Å². The SMILES string of the molecule is NCC1(C(=O)NC2CCCC(C(=O)O)C2)CCCC1. The number of hydrogen-bond acceptors (Lipinski definition) is 3. The third-order valence-electron chi connectivity index (χ3n) is 4.79. The van der Waals surface area contributed by atoms with E-state index in [1.807, 2.05) is 0 Å². The predicted octanol–water partition coefficient (Wildman–Crippen LogP) is 1.27. The highest BCUT2D eigenvalue weighted by Crippen LogP contribution is 2.38. The van der Waals surface area contributed by atoms with Crippen LogP contribution in [0.15, 0.2) is 0 Å². The van der Waals surface area contributed by atoms with Crippen LogP contribution in [-0.2, 0) is 9.59 Å². The molecule has 2 rings (SSSR count). The van der Waals surface area contributed by atoms with Gasteiger partial charge in [0.25, 0.3) is 0 Å². The zero-order valence-corrected chi connectivity index (χ0v) is 11.4. The summed E-state index contributed by atoms with van der Waals surface area (Å²) in [6, 6.07) is 0.00590. The Labute approximate surface area is 113 Å². The zero-order valence-electron chi connectivity index (χ0n) is 11.4. The molecule has 0 saturated heterocycles. The molecule has 0 bridgehead atoms. The number of carbonyl (C=O) groups excluding carboxylic acids is 1. The molecular formula is C14H24N2O3. The van der Waals surface area contributed by atoms with E-state index in [0.29, 0.717) is 13.0 Å². The van der Waals surface area contributed by atoms with Crippen LogP contribution < -0.4 is 11.1 Å². The van der Waals surface area contributed by atoms with E-state index in [2.05, 4.69) is 5.32 Å². The first-order chi connectivity index (χ1) is 9.07. The Balaban J connectivity index is 1.93. The average molecular weight is 268 g/mol. The molecule has 0 spiro atoms. The predicted molar refractivity (Wildman–Crippen MR) is 71.5 cm³/mol. The van der Waals surface area contributed by atoms with Crippen LogP contribution in [0.25, 0.3) is 0 Å². The Hall–Kier alpha value is -1.10. The van der Waals surface area contributed by atoms with Crippen molar-refractivity contribution in [3.8, 4) is 0 Å². The van der Waals surface area contributed by atoms with Gasteiger partial charge in [-0.15, -0.1) is 0 Å². The summed E-state index contributed by atoms with van der Waals surface area (Å²) in [5.74, 6) is -1.01. The van der Waals surface area contributed by atoms with Crippen LogP contribution in [0.2, 0.25) is 0 Å². The van der Waals surface area contributed by atoms with Crippen LogP contribution in [-0.4, -0.2) is 29.6 Å². The quantitative estimate of drug-likeness (QED) is 0.715. The third kappa shape index (κ3) is 3.08. The fourth-order valence-electron chi connectivity index (χ4n) is 3.46. The second-order valence-corrected chi connectivity index (χ2v) is 6.06. The summed E-state index contributed by atoms with van der Waals surface area (Å²) in [5.41, 5.74) is 5.40. The van der Waals surface area contributed by atoms with Gasteiger partial charge in [0.15, 0.2) is 0 Å². The lowest BCUT2D eigenvalue weighted by molar-refractivity contribution is -0.143. The van der Waals surface area contributed by atoms with Crippen LogP contribution >= 0.6 is 0 Å². The van der Waals surface area contributed by atoms with Gasteiger partial charge in [0, 0.05) is 12.6 Å². The molecule has 0 aromatic carbocycles. The van der Waals surface area contributed by atoms with Crippen LogP contribution in [0.1, 0.15) is 51.4 Å². The smallest absolute Gasteiger partial charge is 0.306 e. The minimum atomic E-state index is -0.742. The van der Waals surface area contributed by atoms with Gasteiger partial charge >= 0.3 is 5.97 Å². The van der Waals surface area contributed by atoms with Crippen molar-refractivity contribution >= 4 is 11.9 Å². The highest BCUT2D eigenvalue weighted by molar-refractivity contribution is 5.83. The number of carboxylic acids is 1. The monoisotopic (exact) mass is 268 g/mol. The van der Waals surface area contributed by atoms with Crippen molar-refractivity contribution in [3.63, 3.8) is 0 Å². The van der Waals surface area contributed by atoms with E-state index < -0.39 is 11.4 Å². The van der Waals surface area contributed by atoms with Gasteiger partial charge < -0.3 is 16.2 Å². The van der Waals surface area contributed by atoms with E-state index in [-0.39, 0.29) is 17.9 Å². The molecule has 2 aliphatic rings. The highest BCUT2D eigenvalue weighted by Gasteiger charge is 2.41. The molecule has 0 radical (unpaired) electrons. The molecule has 2 saturated carbocycles. The fraction of sp³-hybridized carbons (Fsp3) is 0.857. The first kappa shape index (κ1) is 14.3. The minimum absolute atomic E-state index is 0.00590. The summed E-state index contributed by atoms with van der Waals surface area (Å²) in [7, 11) is 0. The molecular weight excluding hydrogens is 244 g/mol. The molecule has 0 heterocycles. The van der Waals surface area contributed by atoms with Gasteiger partial charge in [-0.1, -0.05) is 19.3 Å². The number of nitrogens with one attached hydrogen (secondary N) is 1. The van der Waals surface area contributed by atoms with Gasteiger partial charge in [-0.05, 0) is 32.1 Å². The number of carboxylic acid groups (broad SMARTS) is 1. The van der Waals surface area contributed by atoms with Gasteiger partial charge in [0.2, 0.25) is 5.91 Å². The van der Waals surface area contributed by atoms with E-state index in [1.165, 1.54) is 0 Å². The van der Waals surface area contributed by atoms with E-state index in [0.717, 1.165) is 44.9 Å². The second-order valence-electron chi connectivity index (χ2n) is 6.06. The van der Waals surface area contributed by atoms with Gasteiger partial charge in [-0.2, -0.15) is 0 Å². The minimum Gasteiger partial charge on any atom is -0.481 e. The molecule has 4 N–H and O–H groups in total. The number of aliphatic carboxylic acids is 1. The number of amides is 1. The summed E-state index contributed by atoms with van der Waals surface area (Å²) >= 11 is 0. The Kier molecular flexibility index (Phi) is 4.45. The van der Waals surface area contributed by atoms with Crippen molar-refractivity contribution < 1.29 is 14.7 Å². The van der Waals surface area contributed by atoms with E-state index >= 15 is 0 Å². The van der Waals surface area contributed by atoms with Gasteiger partial charge in [0.1, 0.15) is 0 Å². The van der Waals surface area contributed by atoms with Crippen LogP contribution in [0, 0.1) is 11.3 Å². The highest BCUT2D eigenvalue weighted by atomic mass is 16.4. The summed E-state index contributed by atoms with van der Waals surface area (Å²) in [5, 5.41) is 12.1.